The van der Waals surface area contributed by atoms with E-state index in [1.54, 1.807) is 21.1 Å². The van der Waals surface area contributed by atoms with E-state index in [1.807, 2.05) is 18.2 Å². The fourth-order valence-corrected chi connectivity index (χ4v) is 1.95. The highest BCUT2D eigenvalue weighted by Gasteiger charge is 2.18. The Balaban J connectivity index is 2.36. The molecule has 0 amide bonds. The van der Waals surface area contributed by atoms with Crippen molar-refractivity contribution >= 4 is 17.7 Å². The molecule has 1 N–H and O–H groups in total. The van der Waals surface area contributed by atoms with Gasteiger partial charge in [-0.15, -0.1) is 0 Å². The van der Waals surface area contributed by atoms with E-state index in [2.05, 4.69) is 5.32 Å². The van der Waals surface area contributed by atoms with E-state index < -0.39 is 0 Å². The molecule has 2 rings (SSSR count). The van der Waals surface area contributed by atoms with Crippen LogP contribution in [0.25, 0.3) is 6.08 Å². The Kier molecular flexibility index (Phi) is 3.94. The van der Waals surface area contributed by atoms with Gasteiger partial charge in [-0.2, -0.15) is 0 Å². The van der Waals surface area contributed by atoms with E-state index in [-0.39, 0.29) is 5.97 Å². The number of hydrogen-bond acceptors (Lipinski definition) is 5. The summed E-state index contributed by atoms with van der Waals surface area (Å²) in [4.78, 5) is 11.7. The molecule has 5 nitrogen and oxygen atoms in total. The molecule has 1 heterocycles. The van der Waals surface area contributed by atoms with Crippen LogP contribution in [-0.2, 0) is 9.53 Å². The maximum Gasteiger partial charge on any atom is 0.335 e. The number of nitrogens with one attached hydrogen (secondary N) is 1. The Labute approximate surface area is 112 Å². The number of ether oxygens (including phenoxy) is 3. The molecule has 0 aliphatic carbocycles. The van der Waals surface area contributed by atoms with Crippen LogP contribution in [0.15, 0.2) is 17.7 Å². The molecule has 0 fully saturated rings. The number of esters is 1. The van der Waals surface area contributed by atoms with Crippen LogP contribution in [0.4, 0.5) is 5.69 Å². The van der Waals surface area contributed by atoms with E-state index in [4.69, 9.17) is 14.2 Å². The van der Waals surface area contributed by atoms with Crippen molar-refractivity contribution < 1.29 is 19.0 Å². The van der Waals surface area contributed by atoms with Crippen LogP contribution in [0.2, 0.25) is 0 Å². The van der Waals surface area contributed by atoms with Gasteiger partial charge in [-0.25, -0.2) is 4.79 Å². The first kappa shape index (κ1) is 13.3. The predicted octanol–water partition coefficient (Wildman–Crippen LogP) is 2.08. The number of methoxy groups -OCH3 is 2. The molecule has 0 saturated heterocycles. The predicted molar refractivity (Wildman–Crippen MR) is 72.6 cm³/mol. The summed E-state index contributed by atoms with van der Waals surface area (Å²) in [6.07, 6.45) is 1.81. The minimum absolute atomic E-state index is 0.296. The van der Waals surface area contributed by atoms with Gasteiger partial charge in [0.25, 0.3) is 0 Å². The summed E-state index contributed by atoms with van der Waals surface area (Å²) in [5.41, 5.74) is 2.39. The summed E-state index contributed by atoms with van der Waals surface area (Å²) >= 11 is 0. The fourth-order valence-electron chi connectivity index (χ4n) is 1.95. The Hall–Kier alpha value is -2.17. The average molecular weight is 263 g/mol. The molecule has 0 atom stereocenters. The van der Waals surface area contributed by atoms with Crippen LogP contribution in [-0.4, -0.2) is 33.3 Å². The fraction of sp³-hybridized carbons (Fsp3) is 0.357. The number of benzene rings is 1. The van der Waals surface area contributed by atoms with Crippen LogP contribution < -0.4 is 14.8 Å². The van der Waals surface area contributed by atoms with Crippen molar-refractivity contribution in [3.8, 4) is 11.5 Å². The van der Waals surface area contributed by atoms with E-state index in [0.717, 1.165) is 11.3 Å². The maximum absolute atomic E-state index is 11.7. The Morgan fingerprint density at radius 1 is 1.26 bits per heavy atom. The molecule has 1 aromatic carbocycles. The standard InChI is InChI=1S/C14H17NO4/c1-4-19-14(16)10-5-9-6-12(17-2)13(18-3)7-11(9)15-8-10/h5-7,15H,4,8H2,1-3H3. The zero-order valence-electron chi connectivity index (χ0n) is 11.3. The van der Waals surface area contributed by atoms with Crippen molar-refractivity contribution in [2.45, 2.75) is 6.92 Å². The number of fused-ring (bicyclic) bond motifs is 1. The van der Waals surface area contributed by atoms with Crippen LogP contribution in [0, 0.1) is 0 Å². The Bertz CT molecular complexity index is 522. The van der Waals surface area contributed by atoms with Gasteiger partial charge in [-0.05, 0) is 19.1 Å². The summed E-state index contributed by atoms with van der Waals surface area (Å²) < 4.78 is 15.5. The van der Waals surface area contributed by atoms with Crippen molar-refractivity contribution in [3.63, 3.8) is 0 Å². The molecule has 0 saturated carbocycles. The van der Waals surface area contributed by atoms with Crippen LogP contribution in [0.3, 0.4) is 0 Å². The molecule has 1 aliphatic heterocycles. The third-order valence-corrected chi connectivity index (χ3v) is 2.89. The molecular formula is C14H17NO4. The van der Waals surface area contributed by atoms with Crippen LogP contribution in [0.1, 0.15) is 12.5 Å². The quantitative estimate of drug-likeness (QED) is 0.843. The van der Waals surface area contributed by atoms with Crippen molar-refractivity contribution in [2.24, 2.45) is 0 Å². The monoisotopic (exact) mass is 263 g/mol. The number of hydrogen-bond donors (Lipinski definition) is 1. The van der Waals surface area contributed by atoms with Gasteiger partial charge >= 0.3 is 5.97 Å². The molecule has 102 valence electrons. The molecule has 0 spiro atoms. The highest BCUT2D eigenvalue weighted by molar-refractivity contribution is 5.97. The zero-order valence-corrected chi connectivity index (χ0v) is 11.3. The molecule has 0 bridgehead atoms. The molecule has 5 heteroatoms. The number of rotatable bonds is 4. The van der Waals surface area contributed by atoms with E-state index in [0.29, 0.717) is 30.2 Å². The molecular weight excluding hydrogens is 246 g/mol. The van der Waals surface area contributed by atoms with E-state index in [1.165, 1.54) is 0 Å². The van der Waals surface area contributed by atoms with Crippen molar-refractivity contribution in [1.82, 2.24) is 0 Å². The summed E-state index contributed by atoms with van der Waals surface area (Å²) in [5.74, 6) is 0.988. The summed E-state index contributed by atoms with van der Waals surface area (Å²) in [6, 6.07) is 3.69. The lowest BCUT2D eigenvalue weighted by Crippen LogP contribution is -2.19. The summed E-state index contributed by atoms with van der Waals surface area (Å²) in [7, 11) is 3.17. The number of carbonyl (C=O) groups excluding carboxylic acids is 1. The first-order valence-electron chi connectivity index (χ1n) is 6.07. The van der Waals surface area contributed by atoms with Crippen LogP contribution >= 0.6 is 0 Å². The third-order valence-electron chi connectivity index (χ3n) is 2.89. The normalized spacial score (nSPS) is 12.9. The lowest BCUT2D eigenvalue weighted by molar-refractivity contribution is -0.138. The third kappa shape index (κ3) is 2.65. The molecule has 1 aromatic rings. The average Bonchev–Trinajstić information content (AvgIpc) is 2.45. The Morgan fingerprint density at radius 2 is 1.95 bits per heavy atom. The topological polar surface area (TPSA) is 56.8 Å². The Morgan fingerprint density at radius 3 is 2.58 bits per heavy atom. The van der Waals surface area contributed by atoms with Gasteiger partial charge in [-0.3, -0.25) is 0 Å². The second-order valence-electron chi connectivity index (χ2n) is 4.04. The van der Waals surface area contributed by atoms with Gasteiger partial charge in [0, 0.05) is 23.9 Å². The van der Waals surface area contributed by atoms with Gasteiger partial charge in [0.1, 0.15) is 0 Å². The minimum atomic E-state index is -0.296. The largest absolute Gasteiger partial charge is 0.493 e. The van der Waals surface area contributed by atoms with Gasteiger partial charge in [-0.1, -0.05) is 0 Å². The lowest BCUT2D eigenvalue weighted by atomic mass is 10.0. The second kappa shape index (κ2) is 5.65. The van der Waals surface area contributed by atoms with Crippen molar-refractivity contribution in [1.29, 1.82) is 0 Å². The minimum Gasteiger partial charge on any atom is -0.493 e. The first-order valence-corrected chi connectivity index (χ1v) is 6.07. The second-order valence-corrected chi connectivity index (χ2v) is 4.04. The van der Waals surface area contributed by atoms with Crippen LogP contribution in [0.5, 0.6) is 11.5 Å². The van der Waals surface area contributed by atoms with Gasteiger partial charge < -0.3 is 19.5 Å². The smallest absolute Gasteiger partial charge is 0.335 e. The molecule has 0 aromatic heterocycles. The number of carbonyl (C=O) groups is 1. The van der Waals surface area contributed by atoms with Gasteiger partial charge in [0.2, 0.25) is 0 Å². The molecule has 0 radical (unpaired) electrons. The summed E-state index contributed by atoms with van der Waals surface area (Å²) in [5, 5.41) is 3.17. The lowest BCUT2D eigenvalue weighted by Gasteiger charge is -2.19. The molecule has 1 aliphatic rings. The van der Waals surface area contributed by atoms with Gasteiger partial charge in [0.15, 0.2) is 11.5 Å². The van der Waals surface area contributed by atoms with E-state index >= 15 is 0 Å². The van der Waals surface area contributed by atoms with Crippen molar-refractivity contribution in [2.75, 3.05) is 32.7 Å². The maximum atomic E-state index is 11.7. The van der Waals surface area contributed by atoms with E-state index in [9.17, 15) is 4.79 Å². The van der Waals surface area contributed by atoms with Crippen molar-refractivity contribution in [3.05, 3.63) is 23.3 Å². The first-order chi connectivity index (χ1) is 9.19. The van der Waals surface area contributed by atoms with Gasteiger partial charge in [0.05, 0.1) is 26.4 Å². The number of anilines is 1. The SMILES string of the molecule is CCOC(=O)C1=Cc2cc(OC)c(OC)cc2NC1. The molecule has 0 unspecified atom stereocenters. The summed E-state index contributed by atoms with van der Waals surface area (Å²) in [6.45, 7) is 2.60. The zero-order chi connectivity index (χ0) is 13.8. The highest BCUT2D eigenvalue weighted by atomic mass is 16.5. The highest BCUT2D eigenvalue weighted by Crippen LogP contribution is 2.36. The molecule has 19 heavy (non-hydrogen) atoms.